The van der Waals surface area contributed by atoms with Gasteiger partial charge in [0.15, 0.2) is 5.78 Å². The average Bonchev–Trinajstić information content (AvgIpc) is 1.85. The zero-order valence-corrected chi connectivity index (χ0v) is 6.59. The van der Waals surface area contributed by atoms with Crippen LogP contribution in [0.1, 0.15) is 13.8 Å². The van der Waals surface area contributed by atoms with Gasteiger partial charge in [-0.1, -0.05) is 0 Å². The minimum Gasteiger partial charge on any atom is -0.497 e. The molecule has 0 saturated heterocycles. The number of carbonyl (C=O) groups excluding carboxylic acids is 2. The summed E-state index contributed by atoms with van der Waals surface area (Å²) in [5, 5.41) is 0. The molecule has 60 valence electrons. The number of ether oxygens (including phenoxy) is 1. The summed E-state index contributed by atoms with van der Waals surface area (Å²) in [6.07, 6.45) is 1.37. The first-order valence-corrected chi connectivity index (χ1v) is 3.46. The molecule has 11 heavy (non-hydrogen) atoms. The summed E-state index contributed by atoms with van der Waals surface area (Å²) in [6.45, 7) is 3.31. The molecule has 1 aliphatic rings. The highest BCUT2D eigenvalue weighted by Gasteiger charge is 2.25. The molecule has 0 spiro atoms. The number of ketones is 2. The molecule has 0 N–H and O–H groups in total. The van der Waals surface area contributed by atoms with Gasteiger partial charge in [-0.05, 0) is 13.8 Å². The maximum absolute atomic E-state index is 11.1. The van der Waals surface area contributed by atoms with Crippen molar-refractivity contribution in [1.29, 1.82) is 0 Å². The third kappa shape index (κ3) is 1.67. The van der Waals surface area contributed by atoms with Crippen LogP contribution in [-0.4, -0.2) is 18.2 Å². The first-order valence-electron chi connectivity index (χ1n) is 3.46. The number of Topliss-reactive ketones (excluding diaryl/α,β-unsaturated/α-hetero) is 1. The number of hydrogen-bond acceptors (Lipinski definition) is 3. The Morgan fingerprint density at radius 3 is 2.82 bits per heavy atom. The van der Waals surface area contributed by atoms with Gasteiger partial charge in [-0.25, -0.2) is 0 Å². The molecule has 3 nitrogen and oxygen atoms in total. The lowest BCUT2D eigenvalue weighted by Crippen LogP contribution is -2.28. The van der Waals surface area contributed by atoms with E-state index < -0.39 is 5.92 Å². The second-order valence-electron chi connectivity index (χ2n) is 2.63. The van der Waals surface area contributed by atoms with Crippen molar-refractivity contribution >= 4 is 11.6 Å². The van der Waals surface area contributed by atoms with E-state index in [1.54, 1.807) is 6.92 Å². The summed E-state index contributed by atoms with van der Waals surface area (Å²) < 4.78 is 5.04. The summed E-state index contributed by atoms with van der Waals surface area (Å²) >= 11 is 0. The Labute approximate surface area is 65.0 Å². The van der Waals surface area contributed by atoms with Crippen LogP contribution in [-0.2, 0) is 14.3 Å². The van der Waals surface area contributed by atoms with Gasteiger partial charge in [-0.2, -0.15) is 0 Å². The zero-order valence-electron chi connectivity index (χ0n) is 6.59. The molecular formula is C8H10O3. The SMILES string of the molecule is CC(=O)C1COC(C)=CC1=O. The summed E-state index contributed by atoms with van der Waals surface area (Å²) in [5.74, 6) is -0.244. The van der Waals surface area contributed by atoms with Gasteiger partial charge in [0.25, 0.3) is 0 Å². The summed E-state index contributed by atoms with van der Waals surface area (Å²) in [7, 11) is 0. The predicted molar refractivity (Wildman–Crippen MR) is 38.9 cm³/mol. The van der Waals surface area contributed by atoms with Gasteiger partial charge in [-0.3, -0.25) is 9.59 Å². The van der Waals surface area contributed by atoms with Crippen molar-refractivity contribution in [3.8, 4) is 0 Å². The average molecular weight is 154 g/mol. The molecule has 3 heteroatoms. The maximum Gasteiger partial charge on any atom is 0.172 e. The van der Waals surface area contributed by atoms with Gasteiger partial charge in [0.1, 0.15) is 18.3 Å². The van der Waals surface area contributed by atoms with Crippen LogP contribution in [0.15, 0.2) is 11.8 Å². The molecule has 1 unspecified atom stereocenters. The molecule has 0 bridgehead atoms. The van der Waals surface area contributed by atoms with Crippen molar-refractivity contribution in [2.24, 2.45) is 5.92 Å². The van der Waals surface area contributed by atoms with Crippen molar-refractivity contribution in [3.63, 3.8) is 0 Å². The van der Waals surface area contributed by atoms with Gasteiger partial charge in [-0.15, -0.1) is 0 Å². The van der Waals surface area contributed by atoms with E-state index >= 15 is 0 Å². The fraction of sp³-hybridized carbons (Fsp3) is 0.500. The minimum atomic E-state index is -0.571. The first-order chi connectivity index (χ1) is 5.11. The predicted octanol–water partition coefficient (Wildman–Crippen LogP) is 0.695. The molecule has 0 aromatic rings. The lowest BCUT2D eigenvalue weighted by Gasteiger charge is -2.17. The number of allylic oxidation sites excluding steroid dienone is 2. The minimum absolute atomic E-state index is 0.126. The van der Waals surface area contributed by atoms with E-state index in [1.807, 2.05) is 0 Å². The summed E-state index contributed by atoms with van der Waals surface area (Å²) in [5.41, 5.74) is 0. The third-order valence-corrected chi connectivity index (χ3v) is 1.66. The van der Waals surface area contributed by atoms with Gasteiger partial charge >= 0.3 is 0 Å². The molecule has 1 atom stereocenters. The first kappa shape index (κ1) is 7.98. The highest BCUT2D eigenvalue weighted by Crippen LogP contribution is 2.12. The second-order valence-corrected chi connectivity index (χ2v) is 2.63. The van der Waals surface area contributed by atoms with Crippen LogP contribution in [0, 0.1) is 5.92 Å². The topological polar surface area (TPSA) is 43.4 Å². The summed E-state index contributed by atoms with van der Waals surface area (Å²) in [6, 6.07) is 0. The Hall–Kier alpha value is -1.12. The second kappa shape index (κ2) is 2.86. The van der Waals surface area contributed by atoms with Crippen LogP contribution < -0.4 is 0 Å². The van der Waals surface area contributed by atoms with E-state index in [1.165, 1.54) is 13.0 Å². The molecule has 0 aromatic heterocycles. The maximum atomic E-state index is 11.1. The summed E-state index contributed by atoms with van der Waals surface area (Å²) in [4.78, 5) is 21.9. The van der Waals surface area contributed by atoms with E-state index in [-0.39, 0.29) is 18.2 Å². The van der Waals surface area contributed by atoms with E-state index in [0.29, 0.717) is 5.76 Å². The fourth-order valence-corrected chi connectivity index (χ4v) is 0.957. The quantitative estimate of drug-likeness (QED) is 0.522. The van der Waals surface area contributed by atoms with Crippen LogP contribution in [0.25, 0.3) is 0 Å². The van der Waals surface area contributed by atoms with Crippen molar-refractivity contribution in [2.75, 3.05) is 6.61 Å². The van der Waals surface area contributed by atoms with Crippen LogP contribution >= 0.6 is 0 Å². The standard InChI is InChI=1S/C8H10O3/c1-5-3-8(10)7(4-11-5)6(2)9/h3,7H,4H2,1-2H3. The molecular weight excluding hydrogens is 144 g/mol. The Kier molecular flexibility index (Phi) is 2.08. The highest BCUT2D eigenvalue weighted by atomic mass is 16.5. The van der Waals surface area contributed by atoms with Crippen LogP contribution in [0.2, 0.25) is 0 Å². The van der Waals surface area contributed by atoms with E-state index in [9.17, 15) is 9.59 Å². The van der Waals surface area contributed by atoms with Gasteiger partial charge in [0.2, 0.25) is 0 Å². The fourth-order valence-electron chi connectivity index (χ4n) is 0.957. The Bertz CT molecular complexity index is 227. The number of rotatable bonds is 1. The molecule has 1 aliphatic heterocycles. The molecule has 0 radical (unpaired) electrons. The Morgan fingerprint density at radius 1 is 1.73 bits per heavy atom. The largest absolute Gasteiger partial charge is 0.497 e. The van der Waals surface area contributed by atoms with Crippen molar-refractivity contribution in [2.45, 2.75) is 13.8 Å². The molecule has 1 rings (SSSR count). The molecule has 0 aliphatic carbocycles. The lowest BCUT2D eigenvalue weighted by atomic mass is 9.99. The zero-order chi connectivity index (χ0) is 8.43. The van der Waals surface area contributed by atoms with Gasteiger partial charge in [0, 0.05) is 6.08 Å². The Morgan fingerprint density at radius 2 is 2.36 bits per heavy atom. The van der Waals surface area contributed by atoms with Crippen molar-refractivity contribution < 1.29 is 14.3 Å². The van der Waals surface area contributed by atoms with E-state index in [2.05, 4.69) is 0 Å². The van der Waals surface area contributed by atoms with Gasteiger partial charge in [0.05, 0.1) is 5.76 Å². The van der Waals surface area contributed by atoms with Crippen molar-refractivity contribution in [1.82, 2.24) is 0 Å². The molecule has 0 amide bonds. The highest BCUT2D eigenvalue weighted by molar-refractivity contribution is 6.07. The molecule has 0 saturated carbocycles. The van der Waals surface area contributed by atoms with Crippen LogP contribution in [0.5, 0.6) is 0 Å². The number of hydrogen-bond donors (Lipinski definition) is 0. The van der Waals surface area contributed by atoms with Gasteiger partial charge < -0.3 is 4.74 Å². The number of carbonyl (C=O) groups is 2. The van der Waals surface area contributed by atoms with Crippen molar-refractivity contribution in [3.05, 3.63) is 11.8 Å². The van der Waals surface area contributed by atoms with Crippen LogP contribution in [0.4, 0.5) is 0 Å². The van der Waals surface area contributed by atoms with E-state index in [4.69, 9.17) is 4.74 Å². The van der Waals surface area contributed by atoms with E-state index in [0.717, 1.165) is 0 Å². The Balaban J connectivity index is 2.76. The smallest absolute Gasteiger partial charge is 0.172 e. The normalized spacial score (nSPS) is 24.0. The molecule has 1 heterocycles. The van der Waals surface area contributed by atoms with Crippen LogP contribution in [0.3, 0.4) is 0 Å². The molecule has 0 aromatic carbocycles. The third-order valence-electron chi connectivity index (χ3n) is 1.66. The molecule has 0 fully saturated rings. The lowest BCUT2D eigenvalue weighted by molar-refractivity contribution is -0.132. The monoisotopic (exact) mass is 154 g/mol.